The largest absolute Gasteiger partial charge is 0.451 e. The van der Waals surface area contributed by atoms with Gasteiger partial charge in [-0.15, -0.1) is 0 Å². The van der Waals surface area contributed by atoms with Gasteiger partial charge < -0.3 is 4.74 Å². The van der Waals surface area contributed by atoms with Crippen molar-refractivity contribution in [2.75, 3.05) is 11.0 Å². The van der Waals surface area contributed by atoms with Crippen molar-refractivity contribution in [2.24, 2.45) is 0 Å². The number of ether oxygens (including phenoxy) is 1. The van der Waals surface area contributed by atoms with Crippen LogP contribution in [0.15, 0.2) is 42.5 Å². The highest BCUT2D eigenvalue weighted by Crippen LogP contribution is 2.36. The summed E-state index contributed by atoms with van der Waals surface area (Å²) >= 11 is 0. The first-order chi connectivity index (χ1) is 14.5. The zero-order chi connectivity index (χ0) is 24.5. The molecule has 0 fully saturated rings. The molecule has 1 atom stereocenters. The van der Waals surface area contributed by atoms with E-state index < -0.39 is 56.9 Å². The zero-order valence-electron chi connectivity index (χ0n) is 16.3. The first-order valence-corrected chi connectivity index (χ1v) is 10.5. The average Bonchev–Trinajstić information content (AvgIpc) is 2.65. The number of hydrogen-bond donors (Lipinski definition) is 1. The van der Waals surface area contributed by atoms with Crippen molar-refractivity contribution in [3.63, 3.8) is 0 Å². The molecule has 2 aromatic rings. The minimum Gasteiger partial charge on any atom is -0.451 e. The molecule has 0 amide bonds. The van der Waals surface area contributed by atoms with E-state index in [9.17, 15) is 44.3 Å². The number of sulfonamides is 1. The van der Waals surface area contributed by atoms with E-state index in [1.807, 2.05) is 0 Å². The maximum absolute atomic E-state index is 12.9. The van der Waals surface area contributed by atoms with Gasteiger partial charge in [0.15, 0.2) is 6.10 Å². The van der Waals surface area contributed by atoms with E-state index >= 15 is 0 Å². The van der Waals surface area contributed by atoms with Crippen molar-refractivity contribution < 1.29 is 49.1 Å². The van der Waals surface area contributed by atoms with Gasteiger partial charge in [0, 0.05) is 11.3 Å². The number of benzene rings is 2. The van der Waals surface area contributed by atoms with Crippen LogP contribution in [-0.4, -0.2) is 32.5 Å². The smallest absolute Gasteiger partial charge is 0.416 e. The normalized spacial score (nSPS) is 13.4. The Bertz CT molecular complexity index is 1090. The quantitative estimate of drug-likeness (QED) is 0.371. The Morgan fingerprint density at radius 1 is 0.875 bits per heavy atom. The molecule has 0 saturated carbocycles. The van der Waals surface area contributed by atoms with Crippen LogP contribution in [0, 0.1) is 0 Å². The lowest BCUT2D eigenvalue weighted by atomic mass is 10.0. The van der Waals surface area contributed by atoms with Gasteiger partial charge >= 0.3 is 18.3 Å². The summed E-state index contributed by atoms with van der Waals surface area (Å²) in [6, 6.07) is 5.13. The predicted octanol–water partition coefficient (Wildman–Crippen LogP) is 4.52. The van der Waals surface area contributed by atoms with Gasteiger partial charge in [0.1, 0.15) is 0 Å². The van der Waals surface area contributed by atoms with E-state index in [0.717, 1.165) is 13.2 Å². The van der Waals surface area contributed by atoms with E-state index in [2.05, 4.69) is 4.72 Å². The van der Waals surface area contributed by atoms with Crippen molar-refractivity contribution in [3.8, 4) is 0 Å². The van der Waals surface area contributed by atoms with Gasteiger partial charge in [-0.3, -0.25) is 9.52 Å². The highest BCUT2D eigenvalue weighted by atomic mass is 32.2. The molecule has 0 aliphatic rings. The average molecular weight is 483 g/mol. The van der Waals surface area contributed by atoms with Gasteiger partial charge in [-0.05, 0) is 49.4 Å². The summed E-state index contributed by atoms with van der Waals surface area (Å²) in [6.07, 6.45) is -11.0. The van der Waals surface area contributed by atoms with E-state index in [1.54, 1.807) is 0 Å². The van der Waals surface area contributed by atoms with Crippen LogP contribution in [0.2, 0.25) is 0 Å². The Hall–Kier alpha value is -3.09. The summed E-state index contributed by atoms with van der Waals surface area (Å²) < 4.78 is 107. The molecule has 0 aromatic heterocycles. The molecule has 0 aliphatic carbocycles. The molecule has 0 saturated heterocycles. The van der Waals surface area contributed by atoms with E-state index in [-0.39, 0.29) is 29.4 Å². The highest BCUT2D eigenvalue weighted by Gasteiger charge is 2.38. The van der Waals surface area contributed by atoms with Crippen molar-refractivity contribution in [1.29, 1.82) is 0 Å². The Morgan fingerprint density at radius 3 is 1.75 bits per heavy atom. The molecule has 1 unspecified atom stereocenters. The van der Waals surface area contributed by atoms with Crippen molar-refractivity contribution in [2.45, 2.75) is 25.4 Å². The van der Waals surface area contributed by atoms with Gasteiger partial charge in [-0.25, -0.2) is 13.2 Å². The monoisotopic (exact) mass is 483 g/mol. The fourth-order valence-corrected chi connectivity index (χ4v) is 3.07. The Balaban J connectivity index is 2.24. The summed E-state index contributed by atoms with van der Waals surface area (Å²) in [7, 11) is -3.57. The second-order valence-corrected chi connectivity index (χ2v) is 8.41. The van der Waals surface area contributed by atoms with Gasteiger partial charge in [0.2, 0.25) is 15.8 Å². The third kappa shape index (κ3) is 6.70. The third-order valence-electron chi connectivity index (χ3n) is 3.95. The van der Waals surface area contributed by atoms with Crippen molar-refractivity contribution >= 4 is 27.5 Å². The second-order valence-electron chi connectivity index (χ2n) is 6.66. The number of Topliss-reactive ketones (excluding diaryl/α,β-unsaturated/α-hetero) is 1. The van der Waals surface area contributed by atoms with E-state index in [0.29, 0.717) is 0 Å². The Labute approximate surface area is 178 Å². The maximum Gasteiger partial charge on any atom is 0.416 e. The zero-order valence-corrected chi connectivity index (χ0v) is 17.2. The molecule has 0 radical (unpaired) electrons. The fraction of sp³-hybridized carbons (Fsp3) is 0.263. The number of esters is 1. The molecule has 6 nitrogen and oxygen atoms in total. The number of alkyl halides is 6. The lowest BCUT2D eigenvalue weighted by Gasteiger charge is -2.16. The number of halogens is 6. The Morgan fingerprint density at radius 2 is 1.34 bits per heavy atom. The number of anilines is 1. The summed E-state index contributed by atoms with van der Waals surface area (Å²) in [5.74, 6) is -2.37. The molecular formula is C19H15F6NO5S. The van der Waals surface area contributed by atoms with Gasteiger partial charge in [-0.1, -0.05) is 0 Å². The lowest BCUT2D eigenvalue weighted by Crippen LogP contribution is -2.25. The van der Waals surface area contributed by atoms with E-state index in [4.69, 9.17) is 4.74 Å². The standard InChI is InChI=1S/C19H15F6NO5S/c1-10(16(27)11-3-5-15(6-4-11)26-32(2,29)30)31-17(28)12-7-13(18(20,21)22)9-14(8-12)19(23,24)25/h3-10,26H,1-2H3. The number of rotatable bonds is 6. The van der Waals surface area contributed by atoms with Crippen LogP contribution in [-0.2, 0) is 27.1 Å². The summed E-state index contributed by atoms with van der Waals surface area (Å²) in [5, 5.41) is 0. The molecule has 0 bridgehead atoms. The molecule has 174 valence electrons. The fourth-order valence-electron chi connectivity index (χ4n) is 2.51. The molecule has 0 heterocycles. The number of nitrogens with one attached hydrogen (secondary N) is 1. The molecular weight excluding hydrogens is 468 g/mol. The molecule has 0 aliphatic heterocycles. The van der Waals surface area contributed by atoms with Gasteiger partial charge in [-0.2, -0.15) is 26.3 Å². The minimum absolute atomic E-state index is 0.0376. The van der Waals surface area contributed by atoms with Crippen LogP contribution in [0.4, 0.5) is 32.0 Å². The molecule has 32 heavy (non-hydrogen) atoms. The van der Waals surface area contributed by atoms with Crippen LogP contribution in [0.25, 0.3) is 0 Å². The summed E-state index contributed by atoms with van der Waals surface area (Å²) in [6.45, 7) is 1.08. The summed E-state index contributed by atoms with van der Waals surface area (Å²) in [4.78, 5) is 24.6. The number of carbonyl (C=O) groups is 2. The Kier molecular flexibility index (Phi) is 6.93. The topological polar surface area (TPSA) is 89.5 Å². The van der Waals surface area contributed by atoms with Crippen molar-refractivity contribution in [3.05, 3.63) is 64.7 Å². The number of carbonyl (C=O) groups excluding carboxylic acids is 2. The van der Waals surface area contributed by atoms with Crippen LogP contribution in [0.3, 0.4) is 0 Å². The molecule has 2 aromatic carbocycles. The van der Waals surface area contributed by atoms with Gasteiger partial charge in [0.25, 0.3) is 0 Å². The van der Waals surface area contributed by atoms with Gasteiger partial charge in [0.05, 0.1) is 22.9 Å². The molecule has 1 N–H and O–H groups in total. The number of ketones is 1. The first kappa shape index (κ1) is 25.2. The number of hydrogen-bond acceptors (Lipinski definition) is 5. The third-order valence-corrected chi connectivity index (χ3v) is 4.56. The van der Waals surface area contributed by atoms with Crippen molar-refractivity contribution in [1.82, 2.24) is 0 Å². The van der Waals surface area contributed by atoms with Crippen LogP contribution < -0.4 is 4.72 Å². The molecule has 0 spiro atoms. The molecule has 2 rings (SSSR count). The van der Waals surface area contributed by atoms with Crippen LogP contribution in [0.1, 0.15) is 38.8 Å². The summed E-state index contributed by atoms with van der Waals surface area (Å²) in [5.41, 5.74) is -4.33. The first-order valence-electron chi connectivity index (χ1n) is 8.60. The predicted molar refractivity (Wildman–Crippen MR) is 101 cm³/mol. The highest BCUT2D eigenvalue weighted by molar-refractivity contribution is 7.92. The SMILES string of the molecule is CC(OC(=O)c1cc(C(F)(F)F)cc(C(F)(F)F)c1)C(=O)c1ccc(NS(C)(=O)=O)cc1. The van der Waals surface area contributed by atoms with Crippen LogP contribution in [0.5, 0.6) is 0 Å². The lowest BCUT2D eigenvalue weighted by molar-refractivity contribution is -0.143. The maximum atomic E-state index is 12.9. The van der Waals surface area contributed by atoms with E-state index in [1.165, 1.54) is 24.3 Å². The second kappa shape index (κ2) is 8.81. The minimum atomic E-state index is -5.15. The van der Waals surface area contributed by atoms with Crippen LogP contribution >= 0.6 is 0 Å². The molecule has 13 heteroatoms.